The molecule has 4 rings (SSSR count). The van der Waals surface area contributed by atoms with E-state index in [1.807, 2.05) is 47.6 Å². The van der Waals surface area contributed by atoms with Crippen molar-refractivity contribution in [3.63, 3.8) is 0 Å². The van der Waals surface area contributed by atoms with Crippen molar-refractivity contribution < 1.29 is 4.79 Å². The van der Waals surface area contributed by atoms with E-state index < -0.39 is 0 Å². The van der Waals surface area contributed by atoms with Crippen molar-refractivity contribution >= 4 is 33.0 Å². The van der Waals surface area contributed by atoms with E-state index in [0.29, 0.717) is 0 Å². The van der Waals surface area contributed by atoms with Crippen LogP contribution in [0.15, 0.2) is 54.9 Å². The molecule has 116 valence electrons. The first-order chi connectivity index (χ1) is 11.3. The number of carbonyl (C=O) groups is 1. The summed E-state index contributed by atoms with van der Waals surface area (Å²) in [6, 6.07) is 14.2. The van der Waals surface area contributed by atoms with Gasteiger partial charge in [-0.3, -0.25) is 9.78 Å². The number of piperazine rings is 1. The topological polar surface area (TPSA) is 36.4 Å². The summed E-state index contributed by atoms with van der Waals surface area (Å²) in [5, 5.41) is 1.15. The van der Waals surface area contributed by atoms with Gasteiger partial charge in [-0.1, -0.05) is 18.2 Å². The number of nitrogens with zero attached hydrogens (tertiary/aromatic N) is 3. The Labute approximate surface area is 139 Å². The summed E-state index contributed by atoms with van der Waals surface area (Å²) in [5.41, 5.74) is 1.17. The first-order valence-corrected chi connectivity index (χ1v) is 8.56. The summed E-state index contributed by atoms with van der Waals surface area (Å²) in [6.45, 7) is 3.24. The summed E-state index contributed by atoms with van der Waals surface area (Å²) < 4.78 is 1.17. The largest absolute Gasteiger partial charge is 0.368 e. The van der Waals surface area contributed by atoms with Gasteiger partial charge in [0.2, 0.25) is 0 Å². The van der Waals surface area contributed by atoms with Gasteiger partial charge in [-0.25, -0.2) is 0 Å². The van der Waals surface area contributed by atoms with Crippen molar-refractivity contribution in [2.24, 2.45) is 0 Å². The van der Waals surface area contributed by atoms with E-state index in [4.69, 9.17) is 0 Å². The summed E-state index contributed by atoms with van der Waals surface area (Å²) in [4.78, 5) is 21.9. The number of hydrogen-bond acceptors (Lipinski definition) is 4. The van der Waals surface area contributed by atoms with E-state index in [2.05, 4.69) is 22.0 Å². The molecule has 1 aliphatic heterocycles. The predicted molar refractivity (Wildman–Crippen MR) is 94.2 cm³/mol. The van der Waals surface area contributed by atoms with E-state index in [1.54, 1.807) is 11.3 Å². The number of hydrogen-bond donors (Lipinski definition) is 0. The molecule has 1 amide bonds. The molecule has 0 bridgehead atoms. The molecule has 5 heteroatoms. The molecular formula is C18H17N3OS. The molecule has 23 heavy (non-hydrogen) atoms. The minimum Gasteiger partial charge on any atom is -0.368 e. The lowest BCUT2D eigenvalue weighted by molar-refractivity contribution is 0.0751. The van der Waals surface area contributed by atoms with Gasteiger partial charge in [0, 0.05) is 49.0 Å². The van der Waals surface area contributed by atoms with E-state index in [1.165, 1.54) is 10.4 Å². The number of pyridine rings is 1. The molecule has 0 atom stereocenters. The Morgan fingerprint density at radius 1 is 1.00 bits per heavy atom. The Bertz CT molecular complexity index is 789. The van der Waals surface area contributed by atoms with Gasteiger partial charge in [-0.05, 0) is 29.7 Å². The van der Waals surface area contributed by atoms with Gasteiger partial charge in [0.25, 0.3) is 5.91 Å². The summed E-state index contributed by atoms with van der Waals surface area (Å²) in [6.07, 6.45) is 3.62. The number of thiophene rings is 1. The second-order valence-electron chi connectivity index (χ2n) is 5.63. The Kier molecular flexibility index (Phi) is 3.71. The van der Waals surface area contributed by atoms with Crippen molar-refractivity contribution in [2.75, 3.05) is 31.1 Å². The lowest BCUT2D eigenvalue weighted by atomic mass is 10.2. The maximum Gasteiger partial charge on any atom is 0.264 e. The highest BCUT2D eigenvalue weighted by Gasteiger charge is 2.23. The van der Waals surface area contributed by atoms with Gasteiger partial charge in [-0.2, -0.15) is 0 Å². The number of benzene rings is 1. The molecule has 0 saturated carbocycles. The molecule has 2 aromatic heterocycles. The van der Waals surface area contributed by atoms with Gasteiger partial charge < -0.3 is 9.80 Å². The average molecular weight is 323 g/mol. The summed E-state index contributed by atoms with van der Waals surface area (Å²) >= 11 is 1.58. The molecule has 1 aromatic carbocycles. The highest BCUT2D eigenvalue weighted by Crippen LogP contribution is 2.27. The third-order valence-corrected chi connectivity index (χ3v) is 5.34. The van der Waals surface area contributed by atoms with Crippen LogP contribution in [0.5, 0.6) is 0 Å². The normalized spacial score (nSPS) is 15.1. The Hall–Kier alpha value is -2.40. The first kappa shape index (κ1) is 14.2. The molecule has 3 heterocycles. The fourth-order valence-corrected chi connectivity index (χ4v) is 4.00. The second kappa shape index (κ2) is 6.01. The van der Waals surface area contributed by atoms with Gasteiger partial charge in [0.15, 0.2) is 0 Å². The lowest BCUT2D eigenvalue weighted by Gasteiger charge is -2.35. The minimum atomic E-state index is 0.153. The van der Waals surface area contributed by atoms with Crippen molar-refractivity contribution in [3.8, 4) is 0 Å². The number of carbonyl (C=O) groups excluding carboxylic acids is 1. The van der Waals surface area contributed by atoms with Gasteiger partial charge in [0.05, 0.1) is 4.88 Å². The Morgan fingerprint density at radius 2 is 1.74 bits per heavy atom. The Morgan fingerprint density at radius 3 is 2.48 bits per heavy atom. The number of rotatable bonds is 2. The summed E-state index contributed by atoms with van der Waals surface area (Å²) in [7, 11) is 0. The third-order valence-electron chi connectivity index (χ3n) is 4.23. The van der Waals surface area contributed by atoms with Crippen molar-refractivity contribution in [1.29, 1.82) is 0 Å². The maximum absolute atomic E-state index is 12.7. The SMILES string of the molecule is O=C(c1cc2ccccc2s1)N1CCN(c2ccncc2)CC1. The standard InChI is InChI=1S/C18H17N3OS/c22-18(17-13-14-3-1-2-4-16(14)23-17)21-11-9-20(10-12-21)15-5-7-19-8-6-15/h1-8,13H,9-12H2. The molecule has 1 aliphatic rings. The zero-order valence-electron chi connectivity index (χ0n) is 12.7. The number of fused-ring (bicyclic) bond motifs is 1. The second-order valence-corrected chi connectivity index (χ2v) is 6.72. The number of aromatic nitrogens is 1. The van der Waals surface area contributed by atoms with Crippen LogP contribution in [-0.2, 0) is 0 Å². The molecule has 0 N–H and O–H groups in total. The maximum atomic E-state index is 12.7. The van der Waals surface area contributed by atoms with Crippen molar-refractivity contribution in [2.45, 2.75) is 0 Å². The van der Waals surface area contributed by atoms with Crippen LogP contribution in [0.4, 0.5) is 5.69 Å². The molecule has 1 fully saturated rings. The van der Waals surface area contributed by atoms with Crippen molar-refractivity contribution in [1.82, 2.24) is 9.88 Å². The lowest BCUT2D eigenvalue weighted by Crippen LogP contribution is -2.48. The quantitative estimate of drug-likeness (QED) is 0.726. The van der Waals surface area contributed by atoms with Crippen LogP contribution in [0.3, 0.4) is 0 Å². The van der Waals surface area contributed by atoms with Crippen molar-refractivity contribution in [3.05, 3.63) is 59.7 Å². The van der Waals surface area contributed by atoms with Crippen LogP contribution < -0.4 is 4.90 Å². The van der Waals surface area contributed by atoms with Crippen LogP contribution in [-0.4, -0.2) is 42.0 Å². The number of anilines is 1. The zero-order valence-corrected chi connectivity index (χ0v) is 13.5. The van der Waals surface area contributed by atoms with E-state index in [0.717, 1.165) is 36.4 Å². The average Bonchev–Trinajstić information content (AvgIpc) is 3.06. The fourth-order valence-electron chi connectivity index (χ4n) is 2.97. The third kappa shape index (κ3) is 2.80. The van der Waals surface area contributed by atoms with E-state index in [9.17, 15) is 4.79 Å². The molecule has 0 aliphatic carbocycles. The Balaban J connectivity index is 1.46. The monoisotopic (exact) mass is 323 g/mol. The van der Waals surface area contributed by atoms with Crippen LogP contribution in [0.1, 0.15) is 9.67 Å². The molecule has 4 nitrogen and oxygen atoms in total. The molecule has 0 spiro atoms. The molecule has 3 aromatic rings. The van der Waals surface area contributed by atoms with Crippen LogP contribution in [0.25, 0.3) is 10.1 Å². The van der Waals surface area contributed by atoms with Gasteiger partial charge in [0.1, 0.15) is 0 Å². The smallest absolute Gasteiger partial charge is 0.264 e. The number of amides is 1. The van der Waals surface area contributed by atoms with E-state index >= 15 is 0 Å². The molecule has 0 radical (unpaired) electrons. The highest BCUT2D eigenvalue weighted by atomic mass is 32.1. The van der Waals surface area contributed by atoms with Gasteiger partial charge >= 0.3 is 0 Å². The molecule has 0 unspecified atom stereocenters. The van der Waals surface area contributed by atoms with E-state index in [-0.39, 0.29) is 5.91 Å². The van der Waals surface area contributed by atoms with Crippen LogP contribution in [0, 0.1) is 0 Å². The fraction of sp³-hybridized carbons (Fsp3) is 0.222. The minimum absolute atomic E-state index is 0.153. The van der Waals surface area contributed by atoms with Crippen LogP contribution in [0.2, 0.25) is 0 Å². The summed E-state index contributed by atoms with van der Waals surface area (Å²) in [5.74, 6) is 0.153. The zero-order chi connectivity index (χ0) is 15.6. The predicted octanol–water partition coefficient (Wildman–Crippen LogP) is 3.26. The van der Waals surface area contributed by atoms with Gasteiger partial charge in [-0.15, -0.1) is 11.3 Å². The first-order valence-electron chi connectivity index (χ1n) is 7.74. The van der Waals surface area contributed by atoms with Crippen LogP contribution >= 0.6 is 11.3 Å². The molecular weight excluding hydrogens is 306 g/mol. The molecule has 1 saturated heterocycles. The highest BCUT2D eigenvalue weighted by molar-refractivity contribution is 7.20.